The summed E-state index contributed by atoms with van der Waals surface area (Å²) >= 11 is 17.1. The number of nitrogens with two attached hydrogens (primary N) is 1. The first-order valence-corrected chi connectivity index (χ1v) is 45.5. The molecule has 0 spiro atoms. The maximum absolute atomic E-state index is 13.7. The van der Waals surface area contributed by atoms with Crippen LogP contribution in [-0.2, 0) is 18.9 Å². The van der Waals surface area contributed by atoms with E-state index in [-0.39, 0.29) is 74.6 Å². The number of aliphatic hydroxyl groups is 2. The molecule has 130 heavy (non-hydrogen) atoms. The summed E-state index contributed by atoms with van der Waals surface area (Å²) in [6.07, 6.45) is 29.3. The van der Waals surface area contributed by atoms with Gasteiger partial charge in [0.15, 0.2) is 0 Å². The molecule has 0 heterocycles. The van der Waals surface area contributed by atoms with E-state index >= 15 is 0 Å². The first-order valence-electron chi connectivity index (χ1n) is 42.3. The van der Waals surface area contributed by atoms with E-state index in [1.807, 2.05) is 6.08 Å². The molecule has 0 bridgehead atoms. The van der Waals surface area contributed by atoms with Crippen LogP contribution in [-0.4, -0.2) is 128 Å². The van der Waals surface area contributed by atoms with Gasteiger partial charge in [-0.2, -0.15) is 4.39 Å². The van der Waals surface area contributed by atoms with Crippen LogP contribution in [0.2, 0.25) is 0 Å². The van der Waals surface area contributed by atoms with Crippen LogP contribution in [0.5, 0.6) is 40.2 Å². The van der Waals surface area contributed by atoms with Gasteiger partial charge in [0.05, 0.1) is 70.9 Å². The Balaban J connectivity index is 0.000000737. The molecule has 0 aliphatic heterocycles. The third kappa shape index (κ3) is 43.8. The highest BCUT2D eigenvalue weighted by Gasteiger charge is 2.30. The van der Waals surface area contributed by atoms with E-state index in [0.717, 1.165) is 201 Å². The summed E-state index contributed by atoms with van der Waals surface area (Å²) in [5, 5.41) is 51.4. The third-order valence-electron chi connectivity index (χ3n) is 20.8. The van der Waals surface area contributed by atoms with Gasteiger partial charge in [0.25, 0.3) is 0 Å². The van der Waals surface area contributed by atoms with Gasteiger partial charge >= 0.3 is 39.9 Å². The van der Waals surface area contributed by atoms with E-state index in [1.165, 1.54) is 145 Å². The van der Waals surface area contributed by atoms with Gasteiger partial charge in [-0.15, -0.1) is 47.3 Å². The molecule has 5 saturated carbocycles. The predicted octanol–water partition coefficient (Wildman–Crippen LogP) is 27.2. The highest BCUT2D eigenvalue weighted by atomic mass is 79.9. The molecule has 0 amide bonds. The SMILES string of the molecule is BrB(Br)Br.C.CO.CO.COC(=O)Cl.COC(=O)Oc1cc(N)c(F)cc1C1CCCC1.COC(=O)Oc1cc([N+](=O)[O-])c(F)cc1C1CCCC1.COC(=O)Oc1ccc(F)cc1C1CCCC1.COc1ccc(F)cc1Br.COc1ccc(F)cc1C1=CCCC1.COc1ccc(F)cc1C1CCCC1.OB(O)C1=CCCC1.Oc1ccc(F)cc1C1CCCC1.[2H]CC. The van der Waals surface area contributed by atoms with Gasteiger partial charge in [0.1, 0.15) is 75.1 Å². The van der Waals surface area contributed by atoms with E-state index in [2.05, 4.69) is 99.8 Å². The molecule has 0 unspecified atom stereocenters. The largest absolute Gasteiger partial charge is 0.513 e. The molecule has 7 aliphatic rings. The van der Waals surface area contributed by atoms with Gasteiger partial charge in [-0.3, -0.25) is 10.1 Å². The molecule has 5 fully saturated rings. The average molecular weight is 2110 g/mol. The quantitative estimate of drug-likeness (QED) is 0.00678. The summed E-state index contributed by atoms with van der Waals surface area (Å²) in [4.78, 5) is 52.7. The average Bonchev–Trinajstić information content (AvgIpc) is 1.73. The first kappa shape index (κ1) is 117. The Labute approximate surface area is 798 Å². The number of nitro benzene ring substituents is 1. The zero-order chi connectivity index (χ0) is 97.4. The number of methoxy groups -OCH3 is 7. The number of phenolic OH excluding ortho intramolecular Hbond substituents is 1. The Morgan fingerprint density at radius 3 is 1.14 bits per heavy atom. The van der Waals surface area contributed by atoms with Gasteiger partial charge in [0.2, 0.25) is 5.82 Å². The van der Waals surface area contributed by atoms with E-state index in [0.29, 0.717) is 51.6 Å². The van der Waals surface area contributed by atoms with Crippen molar-refractivity contribution in [2.24, 2.45) is 0 Å². The topological polar surface area (TPSA) is 331 Å². The number of aromatic hydroxyl groups is 1. The monoisotopic (exact) mass is 2110 g/mol. The summed E-state index contributed by atoms with van der Waals surface area (Å²) in [7, 11) is 10.4. The minimum atomic E-state index is -1.20. The minimum Gasteiger partial charge on any atom is -0.508 e. The molecule has 0 radical (unpaired) electrons. The van der Waals surface area contributed by atoms with Crippen LogP contribution < -0.4 is 34.2 Å². The Morgan fingerprint density at radius 2 is 0.785 bits per heavy atom. The molecular formula is C93H122B2Br4ClF7N2O21. The van der Waals surface area contributed by atoms with Crippen molar-refractivity contribution in [1.29, 1.82) is 0 Å². The van der Waals surface area contributed by atoms with Crippen LogP contribution in [0.3, 0.4) is 0 Å². The zero-order valence-electron chi connectivity index (χ0n) is 75.1. The van der Waals surface area contributed by atoms with Crippen LogP contribution in [0, 0.1) is 50.8 Å². The molecule has 37 heteroatoms. The summed E-state index contributed by atoms with van der Waals surface area (Å²) < 4.78 is 147. The fourth-order valence-electron chi connectivity index (χ4n) is 14.9. The number of hydrogen-bond acceptors (Lipinski definition) is 22. The van der Waals surface area contributed by atoms with Crippen molar-refractivity contribution in [3.05, 3.63) is 222 Å². The van der Waals surface area contributed by atoms with Gasteiger partial charge in [-0.1, -0.05) is 97.6 Å². The molecule has 7 aromatic rings. The number of rotatable bonds is 14. The number of carbonyl (C=O) groups is 4. The van der Waals surface area contributed by atoms with Crippen molar-refractivity contribution in [2.75, 3.05) is 69.7 Å². The maximum atomic E-state index is 13.7. The number of phenols is 1. The lowest BCUT2D eigenvalue weighted by Gasteiger charge is -2.15. The van der Waals surface area contributed by atoms with E-state index in [9.17, 15) is 65.1 Å². The summed E-state index contributed by atoms with van der Waals surface area (Å²) in [6, 6.07) is 26.9. The molecule has 0 saturated heterocycles. The van der Waals surface area contributed by atoms with E-state index in [1.54, 1.807) is 51.5 Å². The molecule has 0 atom stereocenters. The number of nitrogens with zero attached hydrogens (tertiary/aromatic N) is 1. The van der Waals surface area contributed by atoms with Crippen molar-refractivity contribution in [1.82, 2.24) is 0 Å². The number of anilines is 1. The van der Waals surface area contributed by atoms with Crippen LogP contribution >= 0.6 is 74.8 Å². The second-order valence-electron chi connectivity index (χ2n) is 28.8. The molecule has 23 nitrogen and oxygen atoms in total. The number of hydrogen-bond donors (Lipinski definition) is 6. The number of aliphatic hydroxyl groups excluding tert-OH is 2. The Bertz CT molecular complexity index is 4610. The van der Waals surface area contributed by atoms with Crippen molar-refractivity contribution in [3.63, 3.8) is 0 Å². The highest BCUT2D eigenvalue weighted by molar-refractivity contribution is 9.69. The van der Waals surface area contributed by atoms with Crippen molar-refractivity contribution in [3.8, 4) is 40.2 Å². The Hall–Kier alpha value is -8.61. The molecule has 7 N–H and O–H groups in total. The fraction of sp³-hybridized carbons (Fsp3) is 0.462. The van der Waals surface area contributed by atoms with Crippen LogP contribution in [0.15, 0.2) is 137 Å². The molecular weight excluding hydrogens is 1990 g/mol. The van der Waals surface area contributed by atoms with E-state index in [4.69, 9.17) is 55.8 Å². The molecule has 7 aromatic carbocycles. The number of nitro groups is 1. The highest BCUT2D eigenvalue weighted by Crippen LogP contribution is 2.45. The molecule has 720 valence electrons. The van der Waals surface area contributed by atoms with E-state index < -0.39 is 53.3 Å². The zero-order valence-corrected chi connectivity index (χ0v) is 81.2. The van der Waals surface area contributed by atoms with Crippen molar-refractivity contribution in [2.45, 2.75) is 218 Å². The predicted molar refractivity (Wildman–Crippen MR) is 509 cm³/mol. The van der Waals surface area contributed by atoms with Gasteiger partial charge in [-0.25, -0.2) is 45.5 Å². The van der Waals surface area contributed by atoms with Crippen LogP contribution in [0.4, 0.5) is 61.3 Å². The Kier molecular flexibility index (Phi) is 61.0. The number of nitrogen functional groups attached to an aromatic ring is 1. The smallest absolute Gasteiger partial charge is 0.508 e. The summed E-state index contributed by atoms with van der Waals surface area (Å²) in [5.74, 6) is 2.02. The summed E-state index contributed by atoms with van der Waals surface area (Å²) in [6.45, 7) is 2.29. The Morgan fingerprint density at radius 1 is 0.462 bits per heavy atom. The number of allylic oxidation sites excluding steroid dienone is 4. The van der Waals surface area contributed by atoms with Crippen LogP contribution in [0.1, 0.15) is 253 Å². The van der Waals surface area contributed by atoms with Gasteiger partial charge in [0, 0.05) is 61.1 Å². The third-order valence-corrected chi connectivity index (χ3v) is 21.6. The molecule has 0 aromatic heterocycles. The number of halogens is 12. The van der Waals surface area contributed by atoms with Crippen molar-refractivity contribution >= 4 is 126 Å². The fourth-order valence-corrected chi connectivity index (χ4v) is 15.4. The van der Waals surface area contributed by atoms with Crippen molar-refractivity contribution < 1.29 is 129 Å². The lowest BCUT2D eigenvalue weighted by atomic mass is 9.79. The lowest BCUT2D eigenvalue weighted by Crippen LogP contribution is -2.13. The number of ether oxygens (including phenoxy) is 10. The second kappa shape index (κ2) is 67.5. The standard InChI is InChI=1S/C13H14FNO5.C13H16FNO3.C13H15FO3.C12H15FO.C12H13FO.C11H13FO.C7H6BrFO.C5H9BO2.C2H3ClO2.C2H6.2CH4O.CH4.BBr3/c1-19-13(16)20-12-7-11(15(17)18)10(14)6-9(12)8-4-2-3-5-8;1-17-13(16)18-12-7-11(15)10(14)6-9(12)8-4-2-3-5-8;1-16-13(15)17-12-7-6-10(14)8-11(12)9-4-2-3-5-9;2*1-14-12-7-6-10(13)8-11(12)9-4-2-3-5-9;12-9-5-6-11(13)10(7-9)8-3-1-2-4-8;1-10-7-3-2-5(9)4-6(7)8;7-6(8)5-3-1-2-4-5;1-5-2(3)4;3*1-2;;2-1(3)4/h6-8H,2-5H2,1H3;6-8H,2-5,15H2,1H3;6-9H,2-5H2,1H3;6-9H,2-5H2,1H3;4,6-8H,2-3,5H2,1H3;5-8,13H,1-4H2;2-4H,1H3;3,7-8H,1-2,4H2;1H3;1-2H3;2*2H,1H3;1H4;/i;;;;;;;;;1D;;;;. The van der Waals surface area contributed by atoms with Crippen LogP contribution in [0.25, 0.3) is 5.57 Å². The summed E-state index contributed by atoms with van der Waals surface area (Å²) in [5.41, 5.74) is 10.7. The normalized spacial score (nSPS) is 14.5. The van der Waals surface area contributed by atoms with Gasteiger partial charge in [-0.05, 0) is 268 Å². The molecule has 14 rings (SSSR count). The first-order chi connectivity index (χ1) is 62.2. The number of benzene rings is 7. The molecule has 7 aliphatic carbocycles. The second-order valence-corrected chi connectivity index (χ2v) is 36.4. The van der Waals surface area contributed by atoms with Gasteiger partial charge < -0.3 is 78.5 Å². The lowest BCUT2D eigenvalue weighted by molar-refractivity contribution is -0.387. The maximum Gasteiger partial charge on any atom is 0.513 e. The number of carbonyl (C=O) groups excluding carboxylic acids is 4. The minimum absolute atomic E-state index is 0.